The van der Waals surface area contributed by atoms with E-state index < -0.39 is 0 Å². The van der Waals surface area contributed by atoms with Gasteiger partial charge in [-0.1, -0.05) is 5.16 Å². The van der Waals surface area contributed by atoms with Crippen LogP contribution in [0.25, 0.3) is 11.0 Å². The van der Waals surface area contributed by atoms with Crippen LogP contribution in [-0.2, 0) is 9.53 Å². The van der Waals surface area contributed by atoms with Gasteiger partial charge < -0.3 is 19.5 Å². The summed E-state index contributed by atoms with van der Waals surface area (Å²) < 4.78 is 24.5. The predicted molar refractivity (Wildman–Crippen MR) is 138 cm³/mol. The van der Waals surface area contributed by atoms with Gasteiger partial charge in [0.15, 0.2) is 11.4 Å². The van der Waals surface area contributed by atoms with Crippen LogP contribution in [0.4, 0.5) is 10.2 Å². The molecule has 3 aliphatic rings. The molecular weight excluding hydrogens is 461 g/mol. The number of ether oxygens (including phenoxy) is 1. The van der Waals surface area contributed by atoms with Gasteiger partial charge in [0, 0.05) is 52.4 Å². The first-order valence-corrected chi connectivity index (χ1v) is 13.6. The van der Waals surface area contributed by atoms with Crippen LogP contribution in [0.2, 0.25) is 0 Å². The molecule has 1 aromatic heterocycles. The van der Waals surface area contributed by atoms with Crippen molar-refractivity contribution in [2.45, 2.75) is 57.1 Å². The Balaban J connectivity index is 0.976. The summed E-state index contributed by atoms with van der Waals surface area (Å²) >= 11 is 0. The van der Waals surface area contributed by atoms with Gasteiger partial charge in [-0.3, -0.25) is 14.6 Å². The second-order valence-corrected chi connectivity index (χ2v) is 10.8. The van der Waals surface area contributed by atoms with Crippen LogP contribution < -0.4 is 10.2 Å². The lowest BCUT2D eigenvalue weighted by Gasteiger charge is -2.36. The van der Waals surface area contributed by atoms with Gasteiger partial charge in [-0.05, 0) is 75.6 Å². The summed E-state index contributed by atoms with van der Waals surface area (Å²) in [6, 6.07) is 4.89. The number of anilines is 1. The Labute approximate surface area is 213 Å². The number of carbonyl (C=O) groups is 1. The molecule has 2 saturated heterocycles. The van der Waals surface area contributed by atoms with Crippen molar-refractivity contribution < 1.29 is 18.4 Å². The van der Waals surface area contributed by atoms with Crippen LogP contribution in [0.3, 0.4) is 0 Å². The first-order valence-electron chi connectivity index (χ1n) is 13.6. The third kappa shape index (κ3) is 6.36. The van der Waals surface area contributed by atoms with Crippen LogP contribution in [0.1, 0.15) is 44.9 Å². The summed E-state index contributed by atoms with van der Waals surface area (Å²) in [4.78, 5) is 19.5. The number of carbonyl (C=O) groups excluding carboxylic acids is 1. The lowest BCUT2D eigenvalue weighted by molar-refractivity contribution is -0.123. The zero-order valence-corrected chi connectivity index (χ0v) is 21.5. The van der Waals surface area contributed by atoms with E-state index in [1.54, 1.807) is 13.2 Å². The van der Waals surface area contributed by atoms with Gasteiger partial charge in [-0.15, -0.1) is 0 Å². The number of hydrogen-bond acceptors (Lipinski definition) is 7. The topological polar surface area (TPSA) is 74.1 Å². The maximum atomic E-state index is 13.7. The number of hydrogen-bond donors (Lipinski definition) is 1. The molecule has 9 heteroatoms. The highest BCUT2D eigenvalue weighted by molar-refractivity contribution is 5.88. The predicted octanol–water partition coefficient (Wildman–Crippen LogP) is 3.26. The van der Waals surface area contributed by atoms with Crippen molar-refractivity contribution in [2.75, 3.05) is 64.4 Å². The van der Waals surface area contributed by atoms with Crippen LogP contribution in [0, 0.1) is 11.7 Å². The van der Waals surface area contributed by atoms with Crippen LogP contribution in [-0.4, -0.2) is 92.5 Å². The van der Waals surface area contributed by atoms with Crippen molar-refractivity contribution in [3.63, 3.8) is 0 Å². The molecule has 3 heterocycles. The van der Waals surface area contributed by atoms with Gasteiger partial charge in [0.1, 0.15) is 5.82 Å². The van der Waals surface area contributed by atoms with Crippen molar-refractivity contribution in [1.29, 1.82) is 0 Å². The van der Waals surface area contributed by atoms with Gasteiger partial charge >= 0.3 is 0 Å². The molecule has 0 unspecified atom stereocenters. The highest BCUT2D eigenvalue weighted by atomic mass is 19.1. The van der Waals surface area contributed by atoms with Crippen LogP contribution in [0.5, 0.6) is 0 Å². The van der Waals surface area contributed by atoms with E-state index in [1.165, 1.54) is 31.4 Å². The smallest absolute Gasteiger partial charge is 0.234 e. The molecule has 2 aromatic rings. The first kappa shape index (κ1) is 25.4. The summed E-state index contributed by atoms with van der Waals surface area (Å²) in [6.07, 6.45) is 8.16. The molecule has 0 spiro atoms. The molecule has 1 aliphatic carbocycles. The highest BCUT2D eigenvalue weighted by Crippen LogP contribution is 2.29. The Bertz CT molecular complexity index is 992. The van der Waals surface area contributed by atoms with Crippen molar-refractivity contribution in [2.24, 2.45) is 5.92 Å². The van der Waals surface area contributed by atoms with Crippen molar-refractivity contribution in [3.8, 4) is 0 Å². The van der Waals surface area contributed by atoms with Crippen molar-refractivity contribution in [3.05, 3.63) is 24.0 Å². The van der Waals surface area contributed by atoms with E-state index in [9.17, 15) is 9.18 Å². The number of methoxy groups -OCH3 is 1. The van der Waals surface area contributed by atoms with Gasteiger partial charge in [0.25, 0.3) is 0 Å². The first-order chi connectivity index (χ1) is 17.6. The molecule has 198 valence electrons. The van der Waals surface area contributed by atoms with Gasteiger partial charge in [-0.2, -0.15) is 0 Å². The maximum Gasteiger partial charge on any atom is 0.234 e. The Hall–Kier alpha value is -2.23. The summed E-state index contributed by atoms with van der Waals surface area (Å²) in [7, 11) is 1.77. The fraction of sp³-hybridized carbons (Fsp3) is 0.704. The van der Waals surface area contributed by atoms with Crippen LogP contribution >= 0.6 is 0 Å². The zero-order valence-electron chi connectivity index (χ0n) is 21.5. The Kier molecular flexibility index (Phi) is 8.39. The van der Waals surface area contributed by atoms with E-state index in [-0.39, 0.29) is 11.7 Å². The molecular formula is C27H40FN5O3. The molecule has 1 N–H and O–H groups in total. The standard InChI is InChI=1S/C27H40FN5O3/c1-35-23-9-12-32(13-10-23)19-26(34)29-22-5-2-20(3-6-22)8-11-31-14-16-33(17-15-31)27-24-18-21(28)4-7-25(24)36-30-27/h4,7,18,20,22-23H,2-3,5-6,8-17,19H2,1H3,(H,29,34)/t20-,22-. The lowest BCUT2D eigenvalue weighted by atomic mass is 9.84. The molecule has 8 nitrogen and oxygen atoms in total. The number of benzene rings is 1. The molecule has 1 aromatic carbocycles. The monoisotopic (exact) mass is 501 g/mol. The van der Waals surface area contributed by atoms with Crippen molar-refractivity contribution >= 4 is 22.7 Å². The maximum absolute atomic E-state index is 13.7. The van der Waals surface area contributed by atoms with E-state index in [0.29, 0.717) is 24.3 Å². The van der Waals surface area contributed by atoms with Crippen LogP contribution in [0.15, 0.2) is 22.7 Å². The summed E-state index contributed by atoms with van der Waals surface area (Å²) in [5, 5.41) is 8.24. The number of amides is 1. The lowest BCUT2D eigenvalue weighted by Crippen LogP contribution is -2.47. The SMILES string of the molecule is COC1CCN(CC(=O)N[C@H]2CC[C@H](CCN3CCN(c4noc5ccc(F)cc45)CC3)CC2)CC1. The third-order valence-corrected chi connectivity index (χ3v) is 8.39. The average molecular weight is 502 g/mol. The number of piperazine rings is 1. The Morgan fingerprint density at radius 1 is 1.06 bits per heavy atom. The molecule has 0 atom stereocenters. The van der Waals surface area contributed by atoms with E-state index in [1.807, 2.05) is 0 Å². The molecule has 36 heavy (non-hydrogen) atoms. The summed E-state index contributed by atoms with van der Waals surface area (Å²) in [5.41, 5.74) is 0.632. The fourth-order valence-corrected chi connectivity index (χ4v) is 6.05. The summed E-state index contributed by atoms with van der Waals surface area (Å²) in [5.74, 6) is 1.41. The second-order valence-electron chi connectivity index (χ2n) is 10.8. The average Bonchev–Trinajstić information content (AvgIpc) is 3.32. The largest absolute Gasteiger partial charge is 0.381 e. The van der Waals surface area contributed by atoms with E-state index >= 15 is 0 Å². The highest BCUT2D eigenvalue weighted by Gasteiger charge is 2.26. The minimum atomic E-state index is -0.262. The molecule has 5 rings (SSSR count). The normalized spacial score (nSPS) is 24.9. The van der Waals surface area contributed by atoms with Crippen molar-refractivity contribution in [1.82, 2.24) is 20.3 Å². The zero-order chi connectivity index (χ0) is 24.9. The third-order valence-electron chi connectivity index (χ3n) is 8.39. The number of nitrogens with zero attached hydrogens (tertiary/aromatic N) is 4. The number of rotatable bonds is 8. The number of halogens is 1. The molecule has 0 bridgehead atoms. The number of fused-ring (bicyclic) bond motifs is 1. The van der Waals surface area contributed by atoms with E-state index in [0.717, 1.165) is 88.6 Å². The molecule has 2 aliphatic heterocycles. The van der Waals surface area contributed by atoms with E-state index in [4.69, 9.17) is 9.26 Å². The Morgan fingerprint density at radius 3 is 2.53 bits per heavy atom. The number of aromatic nitrogens is 1. The molecule has 3 fully saturated rings. The minimum Gasteiger partial charge on any atom is -0.381 e. The second kappa shape index (κ2) is 11.9. The quantitative estimate of drug-likeness (QED) is 0.595. The molecule has 1 saturated carbocycles. The molecule has 1 amide bonds. The number of nitrogens with one attached hydrogen (secondary N) is 1. The van der Waals surface area contributed by atoms with Gasteiger partial charge in [0.2, 0.25) is 5.91 Å². The number of likely N-dealkylation sites (tertiary alicyclic amines) is 1. The van der Waals surface area contributed by atoms with Gasteiger partial charge in [-0.25, -0.2) is 4.39 Å². The Morgan fingerprint density at radius 2 is 1.81 bits per heavy atom. The van der Waals surface area contributed by atoms with E-state index in [2.05, 4.69) is 25.2 Å². The fourth-order valence-electron chi connectivity index (χ4n) is 6.05. The summed E-state index contributed by atoms with van der Waals surface area (Å²) in [6.45, 7) is 7.23. The minimum absolute atomic E-state index is 0.176. The molecule has 0 radical (unpaired) electrons. The number of piperidine rings is 1. The van der Waals surface area contributed by atoms with Gasteiger partial charge in [0.05, 0.1) is 18.0 Å².